The second-order valence-corrected chi connectivity index (χ2v) is 4.90. The quantitative estimate of drug-likeness (QED) is 0.895. The zero-order valence-corrected chi connectivity index (χ0v) is 11.5. The van der Waals surface area contributed by atoms with Crippen molar-refractivity contribution in [2.45, 2.75) is 25.8 Å². The van der Waals surface area contributed by atoms with Gasteiger partial charge in [0, 0.05) is 25.2 Å². The summed E-state index contributed by atoms with van der Waals surface area (Å²) in [4.78, 5) is 13.7. The standard InChI is InChI=1S/C14H19F2N3O/c1-2-17-11-4-3-7-19(9-11)14(20)18-13-6-5-10(15)8-12(13)16/h5-6,8,11,17H,2-4,7,9H2,1H3,(H,18,20). The molecule has 1 aliphatic rings. The molecule has 1 fully saturated rings. The highest BCUT2D eigenvalue weighted by molar-refractivity contribution is 5.89. The molecule has 2 N–H and O–H groups in total. The number of carbonyl (C=O) groups excluding carboxylic acids is 1. The van der Waals surface area contributed by atoms with Gasteiger partial charge in [-0.15, -0.1) is 0 Å². The fourth-order valence-corrected chi connectivity index (χ4v) is 2.40. The lowest BCUT2D eigenvalue weighted by atomic mass is 10.1. The monoisotopic (exact) mass is 283 g/mol. The van der Waals surface area contributed by atoms with Crippen molar-refractivity contribution in [3.05, 3.63) is 29.8 Å². The molecule has 2 amide bonds. The number of anilines is 1. The van der Waals surface area contributed by atoms with Crippen molar-refractivity contribution in [1.29, 1.82) is 0 Å². The van der Waals surface area contributed by atoms with Crippen LogP contribution in [0.15, 0.2) is 18.2 Å². The fraction of sp³-hybridized carbons (Fsp3) is 0.500. The molecule has 110 valence electrons. The molecule has 2 rings (SSSR count). The van der Waals surface area contributed by atoms with Crippen molar-refractivity contribution in [3.8, 4) is 0 Å². The maximum absolute atomic E-state index is 13.5. The minimum Gasteiger partial charge on any atom is -0.323 e. The summed E-state index contributed by atoms with van der Waals surface area (Å²) in [5.41, 5.74) is 0.00183. The van der Waals surface area contributed by atoms with Crippen LogP contribution in [-0.2, 0) is 0 Å². The molecule has 1 saturated heterocycles. The lowest BCUT2D eigenvalue weighted by molar-refractivity contribution is 0.186. The van der Waals surface area contributed by atoms with Gasteiger partial charge >= 0.3 is 6.03 Å². The first kappa shape index (κ1) is 14.7. The van der Waals surface area contributed by atoms with Crippen LogP contribution in [-0.4, -0.2) is 36.6 Å². The number of rotatable bonds is 3. The topological polar surface area (TPSA) is 44.4 Å². The molecule has 20 heavy (non-hydrogen) atoms. The van der Waals surface area contributed by atoms with Crippen molar-refractivity contribution in [2.24, 2.45) is 0 Å². The Morgan fingerprint density at radius 2 is 2.25 bits per heavy atom. The van der Waals surface area contributed by atoms with E-state index in [1.54, 1.807) is 4.90 Å². The van der Waals surface area contributed by atoms with Gasteiger partial charge < -0.3 is 15.5 Å². The van der Waals surface area contributed by atoms with Gasteiger partial charge in [-0.3, -0.25) is 0 Å². The molecule has 0 radical (unpaired) electrons. The molecule has 0 aromatic heterocycles. The maximum Gasteiger partial charge on any atom is 0.321 e. The van der Waals surface area contributed by atoms with Crippen LogP contribution >= 0.6 is 0 Å². The number of amides is 2. The summed E-state index contributed by atoms with van der Waals surface area (Å²) in [6, 6.07) is 3.04. The lowest BCUT2D eigenvalue weighted by Gasteiger charge is -2.33. The van der Waals surface area contributed by atoms with Gasteiger partial charge in [-0.1, -0.05) is 6.92 Å². The fourth-order valence-electron chi connectivity index (χ4n) is 2.40. The first-order valence-electron chi connectivity index (χ1n) is 6.84. The number of likely N-dealkylation sites (tertiary alicyclic amines) is 1. The van der Waals surface area contributed by atoms with E-state index in [0.29, 0.717) is 13.1 Å². The first-order chi connectivity index (χ1) is 9.60. The Kier molecular flexibility index (Phi) is 4.89. The van der Waals surface area contributed by atoms with Gasteiger partial charge in [-0.25, -0.2) is 13.6 Å². The van der Waals surface area contributed by atoms with Crippen LogP contribution < -0.4 is 10.6 Å². The normalized spacial score (nSPS) is 18.9. The van der Waals surface area contributed by atoms with Gasteiger partial charge in [0.25, 0.3) is 0 Å². The molecular weight excluding hydrogens is 264 g/mol. The number of piperidine rings is 1. The highest BCUT2D eigenvalue weighted by Crippen LogP contribution is 2.17. The minimum atomic E-state index is -0.765. The van der Waals surface area contributed by atoms with Crippen LogP contribution in [0.2, 0.25) is 0 Å². The van der Waals surface area contributed by atoms with Crippen LogP contribution in [0.25, 0.3) is 0 Å². The van der Waals surface area contributed by atoms with Crippen LogP contribution in [0.3, 0.4) is 0 Å². The van der Waals surface area contributed by atoms with E-state index in [0.717, 1.165) is 31.5 Å². The van der Waals surface area contributed by atoms with Gasteiger partial charge in [-0.05, 0) is 31.5 Å². The summed E-state index contributed by atoms with van der Waals surface area (Å²) in [7, 11) is 0. The lowest BCUT2D eigenvalue weighted by Crippen LogP contribution is -2.49. The smallest absolute Gasteiger partial charge is 0.321 e. The molecule has 1 aliphatic heterocycles. The number of hydrogen-bond donors (Lipinski definition) is 2. The second-order valence-electron chi connectivity index (χ2n) is 4.90. The summed E-state index contributed by atoms with van der Waals surface area (Å²) in [5, 5.41) is 5.79. The highest BCUT2D eigenvalue weighted by atomic mass is 19.1. The van der Waals surface area contributed by atoms with Gasteiger partial charge in [0.05, 0.1) is 5.69 Å². The number of urea groups is 1. The third kappa shape index (κ3) is 3.66. The van der Waals surface area contributed by atoms with Crippen molar-refractivity contribution in [2.75, 3.05) is 25.0 Å². The Morgan fingerprint density at radius 1 is 1.45 bits per heavy atom. The number of benzene rings is 1. The van der Waals surface area contributed by atoms with E-state index in [-0.39, 0.29) is 17.8 Å². The van der Waals surface area contributed by atoms with E-state index in [9.17, 15) is 13.6 Å². The average Bonchev–Trinajstić information content (AvgIpc) is 2.42. The molecule has 0 bridgehead atoms. The highest BCUT2D eigenvalue weighted by Gasteiger charge is 2.23. The van der Waals surface area contributed by atoms with E-state index in [1.165, 1.54) is 6.07 Å². The molecule has 0 spiro atoms. The molecular formula is C14H19F2N3O. The second kappa shape index (κ2) is 6.65. The third-order valence-electron chi connectivity index (χ3n) is 3.37. The molecule has 1 atom stereocenters. The Labute approximate surface area is 117 Å². The molecule has 1 aromatic carbocycles. The Bertz CT molecular complexity index is 479. The van der Waals surface area contributed by atoms with E-state index in [4.69, 9.17) is 0 Å². The molecule has 6 heteroatoms. The zero-order chi connectivity index (χ0) is 14.5. The molecule has 4 nitrogen and oxygen atoms in total. The number of carbonyl (C=O) groups is 1. The van der Waals surface area contributed by atoms with Crippen molar-refractivity contribution in [1.82, 2.24) is 10.2 Å². The summed E-state index contributed by atoms with van der Waals surface area (Å²) < 4.78 is 26.3. The summed E-state index contributed by atoms with van der Waals surface area (Å²) in [5.74, 6) is -1.43. The van der Waals surface area contributed by atoms with Crippen molar-refractivity contribution < 1.29 is 13.6 Å². The average molecular weight is 283 g/mol. The van der Waals surface area contributed by atoms with E-state index < -0.39 is 11.6 Å². The third-order valence-corrected chi connectivity index (χ3v) is 3.37. The first-order valence-corrected chi connectivity index (χ1v) is 6.84. The van der Waals surface area contributed by atoms with Crippen LogP contribution in [0, 0.1) is 11.6 Å². The zero-order valence-electron chi connectivity index (χ0n) is 11.5. The van der Waals surface area contributed by atoms with Gasteiger partial charge in [-0.2, -0.15) is 0 Å². The molecule has 0 saturated carbocycles. The van der Waals surface area contributed by atoms with E-state index >= 15 is 0 Å². The Hall–Kier alpha value is -1.69. The number of nitrogens with zero attached hydrogens (tertiary/aromatic N) is 1. The summed E-state index contributed by atoms with van der Waals surface area (Å²) >= 11 is 0. The van der Waals surface area contributed by atoms with E-state index in [1.807, 2.05) is 6.92 Å². The maximum atomic E-state index is 13.5. The van der Waals surface area contributed by atoms with Gasteiger partial charge in [0.1, 0.15) is 11.6 Å². The van der Waals surface area contributed by atoms with Crippen LogP contribution in [0.1, 0.15) is 19.8 Å². The van der Waals surface area contributed by atoms with E-state index in [2.05, 4.69) is 10.6 Å². The SMILES string of the molecule is CCNC1CCCN(C(=O)Nc2ccc(F)cc2F)C1. The van der Waals surface area contributed by atoms with Crippen LogP contribution in [0.4, 0.5) is 19.3 Å². The molecule has 0 aliphatic carbocycles. The minimum absolute atomic E-state index is 0.00183. The molecule has 1 heterocycles. The number of hydrogen-bond acceptors (Lipinski definition) is 2. The molecule has 1 aromatic rings. The summed E-state index contributed by atoms with van der Waals surface area (Å²) in [6.07, 6.45) is 1.94. The predicted molar refractivity (Wildman–Crippen MR) is 73.6 cm³/mol. The summed E-state index contributed by atoms with van der Waals surface area (Å²) in [6.45, 7) is 4.12. The van der Waals surface area contributed by atoms with Gasteiger partial charge in [0.15, 0.2) is 0 Å². The predicted octanol–water partition coefficient (Wildman–Crippen LogP) is 2.57. The Morgan fingerprint density at radius 3 is 2.95 bits per heavy atom. The number of nitrogens with one attached hydrogen (secondary N) is 2. The number of likely N-dealkylation sites (N-methyl/N-ethyl adjacent to an activating group) is 1. The molecule has 1 unspecified atom stereocenters. The number of halogens is 2. The van der Waals surface area contributed by atoms with Crippen molar-refractivity contribution in [3.63, 3.8) is 0 Å². The Balaban J connectivity index is 1.97. The van der Waals surface area contributed by atoms with Crippen LogP contribution in [0.5, 0.6) is 0 Å². The van der Waals surface area contributed by atoms with Crippen molar-refractivity contribution >= 4 is 11.7 Å². The largest absolute Gasteiger partial charge is 0.323 e. The van der Waals surface area contributed by atoms with Gasteiger partial charge in [0.2, 0.25) is 0 Å².